The highest BCUT2D eigenvalue weighted by atomic mass is 35.5. The molecule has 0 saturated heterocycles. The van der Waals surface area contributed by atoms with Crippen molar-refractivity contribution >= 4 is 35.5 Å². The number of hydrogen-bond acceptors (Lipinski definition) is 7. The molecular formula is C18H20ClNO7. The van der Waals surface area contributed by atoms with Crippen LogP contribution in [0.3, 0.4) is 0 Å². The van der Waals surface area contributed by atoms with E-state index in [0.717, 1.165) is 6.08 Å². The Hall–Kier alpha value is -2.74. The smallest absolute Gasteiger partial charge is 0.340 e. The molecule has 8 nitrogen and oxygen atoms in total. The van der Waals surface area contributed by atoms with Crippen LogP contribution in [0.15, 0.2) is 18.2 Å². The van der Waals surface area contributed by atoms with E-state index < -0.39 is 23.9 Å². The second-order valence-corrected chi connectivity index (χ2v) is 5.71. The number of halogens is 1. The molecule has 146 valence electrons. The number of amides is 1. The van der Waals surface area contributed by atoms with Gasteiger partial charge in [0.2, 0.25) is 11.9 Å². The van der Waals surface area contributed by atoms with Gasteiger partial charge in [-0.3, -0.25) is 4.79 Å². The third kappa shape index (κ3) is 5.62. The van der Waals surface area contributed by atoms with E-state index in [1.807, 2.05) is 0 Å². The van der Waals surface area contributed by atoms with Crippen molar-refractivity contribution in [2.75, 3.05) is 26.4 Å². The van der Waals surface area contributed by atoms with Crippen molar-refractivity contribution in [3.8, 4) is 11.5 Å². The van der Waals surface area contributed by atoms with E-state index in [2.05, 4.69) is 5.32 Å². The molecule has 0 saturated carbocycles. The van der Waals surface area contributed by atoms with Gasteiger partial charge in [-0.1, -0.05) is 11.6 Å². The van der Waals surface area contributed by atoms with Gasteiger partial charge in [0.15, 0.2) is 11.5 Å². The van der Waals surface area contributed by atoms with Crippen LogP contribution < -0.4 is 14.8 Å². The Morgan fingerprint density at radius 1 is 1.15 bits per heavy atom. The maximum absolute atomic E-state index is 12.1. The van der Waals surface area contributed by atoms with Crippen molar-refractivity contribution in [1.82, 2.24) is 5.32 Å². The molecule has 1 N–H and O–H groups in total. The van der Waals surface area contributed by atoms with Gasteiger partial charge in [0.1, 0.15) is 13.2 Å². The minimum absolute atomic E-state index is 0.0656. The number of fused-ring (bicyclic) bond motifs is 1. The van der Waals surface area contributed by atoms with Gasteiger partial charge in [0, 0.05) is 6.08 Å². The molecule has 27 heavy (non-hydrogen) atoms. The number of esters is 2. The topological polar surface area (TPSA) is 100 Å². The van der Waals surface area contributed by atoms with Crippen molar-refractivity contribution < 1.29 is 33.3 Å². The quantitative estimate of drug-likeness (QED) is 0.425. The lowest BCUT2D eigenvalue weighted by molar-refractivity contribution is -0.159. The number of nitrogens with one attached hydrogen (secondary N) is 1. The fourth-order valence-corrected chi connectivity index (χ4v) is 2.53. The Balaban J connectivity index is 2.09. The first-order valence-electron chi connectivity index (χ1n) is 8.37. The lowest BCUT2D eigenvalue weighted by Gasteiger charge is -2.19. The summed E-state index contributed by atoms with van der Waals surface area (Å²) in [6.07, 6.45) is 2.63. The number of carbonyl (C=O) groups excluding carboxylic acids is 3. The Morgan fingerprint density at radius 2 is 1.78 bits per heavy atom. The molecule has 1 aliphatic heterocycles. The molecule has 0 spiro atoms. The van der Waals surface area contributed by atoms with Crippen molar-refractivity contribution in [3.63, 3.8) is 0 Å². The van der Waals surface area contributed by atoms with Crippen LogP contribution in [0.25, 0.3) is 6.08 Å². The minimum atomic E-state index is -1.54. The van der Waals surface area contributed by atoms with Crippen molar-refractivity contribution in [1.29, 1.82) is 0 Å². The average Bonchev–Trinajstić information content (AvgIpc) is 2.65. The lowest BCUT2D eigenvalue weighted by Crippen LogP contribution is -2.47. The van der Waals surface area contributed by atoms with E-state index in [0.29, 0.717) is 35.3 Å². The van der Waals surface area contributed by atoms with E-state index in [1.54, 1.807) is 26.0 Å². The molecule has 0 unspecified atom stereocenters. The van der Waals surface area contributed by atoms with Crippen LogP contribution in [0.4, 0.5) is 0 Å². The van der Waals surface area contributed by atoms with E-state index in [4.69, 9.17) is 30.5 Å². The number of hydrogen-bond donors (Lipinski definition) is 1. The number of benzene rings is 1. The zero-order valence-corrected chi connectivity index (χ0v) is 15.7. The first-order valence-corrected chi connectivity index (χ1v) is 8.75. The summed E-state index contributed by atoms with van der Waals surface area (Å²) in [5.74, 6) is -1.52. The summed E-state index contributed by atoms with van der Waals surface area (Å²) in [5.41, 5.74) is 0.586. The fourth-order valence-electron chi connectivity index (χ4n) is 2.25. The predicted octanol–water partition coefficient (Wildman–Crippen LogP) is 1.74. The van der Waals surface area contributed by atoms with Crippen LogP contribution in [-0.4, -0.2) is 50.3 Å². The standard InChI is InChI=1S/C18H20ClNO7/c1-3-24-17(22)15(18(23)25-4-2)20-14(21)6-5-11-9-12(19)16-13(10-11)26-7-8-27-16/h5-6,9-10,15H,3-4,7-8H2,1-2H3,(H,20,21)/b6-5+. The van der Waals surface area contributed by atoms with E-state index in [1.165, 1.54) is 6.08 Å². The summed E-state index contributed by atoms with van der Waals surface area (Å²) >= 11 is 6.14. The van der Waals surface area contributed by atoms with Crippen LogP contribution >= 0.6 is 11.6 Å². The molecule has 1 heterocycles. The molecule has 1 aromatic carbocycles. The molecule has 2 rings (SSSR count). The summed E-state index contributed by atoms with van der Waals surface area (Å²) in [6, 6.07) is 1.73. The third-order valence-electron chi connectivity index (χ3n) is 3.38. The largest absolute Gasteiger partial charge is 0.486 e. The summed E-state index contributed by atoms with van der Waals surface area (Å²) in [4.78, 5) is 35.8. The lowest BCUT2D eigenvalue weighted by atomic mass is 10.1. The maximum atomic E-state index is 12.1. The first-order chi connectivity index (χ1) is 13.0. The molecule has 0 aliphatic carbocycles. The zero-order valence-electron chi connectivity index (χ0n) is 15.0. The van der Waals surface area contributed by atoms with E-state index >= 15 is 0 Å². The second kappa shape index (κ2) is 9.82. The highest BCUT2D eigenvalue weighted by molar-refractivity contribution is 6.32. The van der Waals surface area contributed by atoms with E-state index in [9.17, 15) is 14.4 Å². The molecule has 0 aromatic heterocycles. The van der Waals surface area contributed by atoms with Gasteiger partial charge in [0.05, 0.1) is 18.2 Å². The van der Waals surface area contributed by atoms with Crippen molar-refractivity contribution in [3.05, 3.63) is 28.8 Å². The van der Waals surface area contributed by atoms with Crippen LogP contribution in [0.2, 0.25) is 5.02 Å². The highest BCUT2D eigenvalue weighted by Crippen LogP contribution is 2.38. The summed E-state index contributed by atoms with van der Waals surface area (Å²) in [7, 11) is 0. The Labute approximate surface area is 161 Å². The normalized spacial score (nSPS) is 12.7. The van der Waals surface area contributed by atoms with Crippen LogP contribution in [0.5, 0.6) is 11.5 Å². The zero-order chi connectivity index (χ0) is 19.8. The number of ether oxygens (including phenoxy) is 4. The molecule has 1 aliphatic rings. The van der Waals surface area contributed by atoms with Gasteiger partial charge in [-0.15, -0.1) is 0 Å². The number of rotatable bonds is 7. The molecular weight excluding hydrogens is 378 g/mol. The summed E-state index contributed by atoms with van der Waals surface area (Å²) < 4.78 is 20.5. The fraction of sp³-hybridized carbons (Fsp3) is 0.389. The number of carbonyl (C=O) groups is 3. The van der Waals surface area contributed by atoms with Gasteiger partial charge >= 0.3 is 11.9 Å². The van der Waals surface area contributed by atoms with Gasteiger partial charge in [-0.2, -0.15) is 0 Å². The van der Waals surface area contributed by atoms with Crippen LogP contribution in [-0.2, 0) is 23.9 Å². The van der Waals surface area contributed by atoms with Crippen LogP contribution in [0.1, 0.15) is 19.4 Å². The predicted molar refractivity (Wildman–Crippen MR) is 96.7 cm³/mol. The molecule has 1 amide bonds. The Kier molecular flexibility index (Phi) is 7.48. The Morgan fingerprint density at radius 3 is 2.41 bits per heavy atom. The maximum Gasteiger partial charge on any atom is 0.340 e. The molecule has 0 bridgehead atoms. The highest BCUT2D eigenvalue weighted by Gasteiger charge is 2.30. The molecule has 0 radical (unpaired) electrons. The molecule has 0 atom stereocenters. The summed E-state index contributed by atoms with van der Waals surface area (Å²) in [6.45, 7) is 4.12. The van der Waals surface area contributed by atoms with Gasteiger partial charge in [0.25, 0.3) is 0 Å². The molecule has 0 fully saturated rings. The Bertz CT molecular complexity index is 729. The monoisotopic (exact) mass is 397 g/mol. The minimum Gasteiger partial charge on any atom is -0.486 e. The molecule has 1 aromatic rings. The second-order valence-electron chi connectivity index (χ2n) is 5.31. The summed E-state index contributed by atoms with van der Waals surface area (Å²) in [5, 5.41) is 2.62. The van der Waals surface area contributed by atoms with Crippen molar-refractivity contribution in [2.24, 2.45) is 0 Å². The molecule has 9 heteroatoms. The average molecular weight is 398 g/mol. The third-order valence-corrected chi connectivity index (χ3v) is 3.66. The SMILES string of the molecule is CCOC(=O)C(NC(=O)/C=C/c1cc(Cl)c2c(c1)OCCO2)C(=O)OCC. The first kappa shape index (κ1) is 20.6. The van der Waals surface area contributed by atoms with Crippen LogP contribution in [0, 0.1) is 0 Å². The van der Waals surface area contributed by atoms with Gasteiger partial charge < -0.3 is 24.3 Å². The van der Waals surface area contributed by atoms with Crippen molar-refractivity contribution in [2.45, 2.75) is 19.9 Å². The van der Waals surface area contributed by atoms with Gasteiger partial charge in [-0.05, 0) is 37.6 Å². The van der Waals surface area contributed by atoms with E-state index in [-0.39, 0.29) is 13.2 Å². The van der Waals surface area contributed by atoms with Gasteiger partial charge in [-0.25, -0.2) is 9.59 Å².